The molecule has 5 heteroatoms. The van der Waals surface area contributed by atoms with E-state index in [0.717, 1.165) is 23.4 Å². The zero-order valence-corrected chi connectivity index (χ0v) is 16.1. The fraction of sp³-hybridized carbons (Fsp3) is 0.0870. The van der Waals surface area contributed by atoms with Crippen LogP contribution in [-0.4, -0.2) is 18.0 Å². The topological polar surface area (TPSA) is 52.0 Å². The number of aryl methyl sites for hydroxylation is 1. The summed E-state index contributed by atoms with van der Waals surface area (Å²) in [5.74, 6) is 0.864. The lowest BCUT2D eigenvalue weighted by Crippen LogP contribution is -2.15. The number of fused-ring (bicyclic) bond motifs is 2. The number of imidazole rings is 1. The van der Waals surface area contributed by atoms with E-state index in [1.165, 1.54) is 0 Å². The first-order valence-corrected chi connectivity index (χ1v) is 10.7. The van der Waals surface area contributed by atoms with Gasteiger partial charge in [-0.1, -0.05) is 61.5 Å². The summed E-state index contributed by atoms with van der Waals surface area (Å²) in [5, 5.41) is 0. The van der Waals surface area contributed by atoms with Crippen LogP contribution >= 0.6 is 0 Å². The molecule has 0 unspecified atom stereocenters. The predicted molar refractivity (Wildman–Crippen MR) is 111 cm³/mol. The van der Waals surface area contributed by atoms with Crippen molar-refractivity contribution in [2.75, 3.05) is 0 Å². The number of hydrogen-bond donors (Lipinski definition) is 0. The van der Waals surface area contributed by atoms with Crippen molar-refractivity contribution in [3.63, 3.8) is 0 Å². The largest absolute Gasteiger partial charge is 0.294 e. The van der Waals surface area contributed by atoms with Crippen LogP contribution in [0, 0.1) is 0 Å². The molecule has 4 nitrogen and oxygen atoms in total. The van der Waals surface area contributed by atoms with E-state index in [4.69, 9.17) is 4.98 Å². The molecule has 0 bridgehead atoms. The first-order valence-electron chi connectivity index (χ1n) is 9.22. The lowest BCUT2D eigenvalue weighted by Gasteiger charge is -2.20. The average molecular weight is 386 g/mol. The van der Waals surface area contributed by atoms with Crippen LogP contribution in [0.15, 0.2) is 76.5 Å². The van der Waals surface area contributed by atoms with Gasteiger partial charge in [-0.15, -0.1) is 0 Å². The molecule has 0 spiro atoms. The highest BCUT2D eigenvalue weighted by atomic mass is 32.2. The Morgan fingerprint density at radius 2 is 1.61 bits per heavy atom. The number of nitrogens with zero attached hydrogens (tertiary/aromatic N) is 2. The summed E-state index contributed by atoms with van der Waals surface area (Å²) < 4.78 is 28.7. The molecular weight excluding hydrogens is 368 g/mol. The van der Waals surface area contributed by atoms with Crippen molar-refractivity contribution >= 4 is 33.0 Å². The Morgan fingerprint density at radius 3 is 2.39 bits per heavy atom. The third kappa shape index (κ3) is 2.43. The summed E-state index contributed by atoms with van der Waals surface area (Å²) in [5.41, 5.74) is 3.94. The summed E-state index contributed by atoms with van der Waals surface area (Å²) in [6.45, 7) is 2.03. The molecule has 0 radical (unpaired) electrons. The number of rotatable bonds is 3. The molecule has 4 aromatic rings. The van der Waals surface area contributed by atoms with Crippen LogP contribution in [0.1, 0.15) is 23.9 Å². The maximum Gasteiger partial charge on any atom is 0.210 e. The molecule has 0 N–H and O–H groups in total. The van der Waals surface area contributed by atoms with Gasteiger partial charge in [-0.05, 0) is 35.4 Å². The minimum absolute atomic E-state index is 0.323. The Morgan fingerprint density at radius 1 is 0.893 bits per heavy atom. The minimum atomic E-state index is -3.60. The average Bonchev–Trinajstić information content (AvgIpc) is 3.10. The van der Waals surface area contributed by atoms with Crippen LogP contribution in [0.25, 0.3) is 28.9 Å². The number of aromatic nitrogens is 2. The van der Waals surface area contributed by atoms with Gasteiger partial charge in [-0.2, -0.15) is 0 Å². The Bertz CT molecular complexity index is 1350. The van der Waals surface area contributed by atoms with Gasteiger partial charge in [0, 0.05) is 6.42 Å². The first kappa shape index (κ1) is 17.0. The quantitative estimate of drug-likeness (QED) is 0.414. The smallest absolute Gasteiger partial charge is 0.210 e. The minimum Gasteiger partial charge on any atom is -0.294 e. The lowest BCUT2D eigenvalue weighted by atomic mass is 10.1. The number of hydrogen-bond acceptors (Lipinski definition) is 3. The number of benzene rings is 3. The SMILES string of the molecule is CCc1nc2cc(/C=C/c3ccccc3)cc3c2n1-c1ccccc1S3(=O)=O. The fourth-order valence-corrected chi connectivity index (χ4v) is 5.45. The summed E-state index contributed by atoms with van der Waals surface area (Å²) in [6, 6.07) is 20.8. The van der Waals surface area contributed by atoms with Crippen molar-refractivity contribution in [3.8, 4) is 5.69 Å². The summed E-state index contributed by atoms with van der Waals surface area (Å²) >= 11 is 0. The van der Waals surface area contributed by atoms with Gasteiger partial charge >= 0.3 is 0 Å². The molecule has 2 heterocycles. The zero-order valence-electron chi connectivity index (χ0n) is 15.3. The molecule has 0 atom stereocenters. The van der Waals surface area contributed by atoms with Crippen molar-refractivity contribution in [2.45, 2.75) is 23.1 Å². The normalized spacial score (nSPS) is 14.5. The van der Waals surface area contributed by atoms with E-state index < -0.39 is 9.84 Å². The number of para-hydroxylation sites is 1. The van der Waals surface area contributed by atoms with Gasteiger partial charge in [0.05, 0.1) is 26.5 Å². The van der Waals surface area contributed by atoms with E-state index >= 15 is 0 Å². The Labute approximate surface area is 163 Å². The molecule has 5 rings (SSSR count). The third-order valence-electron chi connectivity index (χ3n) is 5.08. The van der Waals surface area contributed by atoms with Gasteiger partial charge in [0.1, 0.15) is 5.82 Å². The second kappa shape index (κ2) is 6.17. The highest BCUT2D eigenvalue weighted by Crippen LogP contribution is 2.40. The molecule has 0 amide bonds. The molecule has 28 heavy (non-hydrogen) atoms. The molecule has 1 aliphatic rings. The van der Waals surface area contributed by atoms with Crippen LogP contribution in [0.4, 0.5) is 0 Å². The maximum absolute atomic E-state index is 13.3. The zero-order chi connectivity index (χ0) is 19.3. The van der Waals surface area contributed by atoms with Gasteiger partial charge < -0.3 is 0 Å². The van der Waals surface area contributed by atoms with E-state index in [9.17, 15) is 8.42 Å². The monoisotopic (exact) mass is 386 g/mol. The Kier molecular flexibility index (Phi) is 3.74. The highest BCUT2D eigenvalue weighted by Gasteiger charge is 2.33. The van der Waals surface area contributed by atoms with E-state index in [-0.39, 0.29) is 0 Å². The first-order chi connectivity index (χ1) is 13.6. The van der Waals surface area contributed by atoms with E-state index in [2.05, 4.69) is 0 Å². The number of sulfone groups is 1. The molecule has 3 aromatic carbocycles. The summed E-state index contributed by atoms with van der Waals surface area (Å²) in [4.78, 5) is 5.40. The van der Waals surface area contributed by atoms with E-state index in [1.54, 1.807) is 18.2 Å². The Hall–Kier alpha value is -3.18. The molecule has 0 saturated heterocycles. The van der Waals surface area contributed by atoms with Crippen LogP contribution < -0.4 is 0 Å². The molecule has 0 fully saturated rings. The second-order valence-corrected chi connectivity index (χ2v) is 8.71. The van der Waals surface area contributed by atoms with Crippen LogP contribution in [-0.2, 0) is 16.3 Å². The molecule has 0 saturated carbocycles. The lowest BCUT2D eigenvalue weighted by molar-refractivity contribution is 0.594. The summed E-state index contributed by atoms with van der Waals surface area (Å²) in [7, 11) is -3.60. The predicted octanol–water partition coefficient (Wildman–Crippen LogP) is 4.90. The van der Waals surface area contributed by atoms with Crippen molar-refractivity contribution in [2.24, 2.45) is 0 Å². The molecular formula is C23H18N2O2S. The van der Waals surface area contributed by atoms with Crippen molar-refractivity contribution in [1.29, 1.82) is 0 Å². The van der Waals surface area contributed by atoms with Gasteiger partial charge in [-0.25, -0.2) is 13.4 Å². The van der Waals surface area contributed by atoms with Crippen molar-refractivity contribution < 1.29 is 8.42 Å². The van der Waals surface area contributed by atoms with Crippen molar-refractivity contribution in [1.82, 2.24) is 9.55 Å². The maximum atomic E-state index is 13.3. The molecule has 1 aromatic heterocycles. The van der Waals surface area contributed by atoms with Gasteiger partial charge in [0.2, 0.25) is 9.84 Å². The molecule has 0 aliphatic carbocycles. The third-order valence-corrected chi connectivity index (χ3v) is 6.89. The van der Waals surface area contributed by atoms with Gasteiger partial charge in [-0.3, -0.25) is 4.57 Å². The van der Waals surface area contributed by atoms with Crippen LogP contribution in [0.2, 0.25) is 0 Å². The Balaban J connectivity index is 1.79. The van der Waals surface area contributed by atoms with Gasteiger partial charge in [0.25, 0.3) is 0 Å². The van der Waals surface area contributed by atoms with Gasteiger partial charge in [0.15, 0.2) is 0 Å². The van der Waals surface area contributed by atoms with Crippen LogP contribution in [0.3, 0.4) is 0 Å². The molecule has 138 valence electrons. The van der Waals surface area contributed by atoms with Crippen molar-refractivity contribution in [3.05, 3.63) is 83.7 Å². The fourth-order valence-electron chi connectivity index (χ4n) is 3.78. The van der Waals surface area contributed by atoms with E-state index in [0.29, 0.717) is 26.5 Å². The second-order valence-electron chi connectivity index (χ2n) is 6.82. The van der Waals surface area contributed by atoms with Crippen LogP contribution in [0.5, 0.6) is 0 Å². The van der Waals surface area contributed by atoms with E-state index in [1.807, 2.05) is 72.2 Å². The standard InChI is InChI=1S/C23H18N2O2S/c1-2-22-24-18-14-17(13-12-16-8-4-3-5-9-16)15-21-23(18)25(22)19-10-6-7-11-20(19)28(21,26)27/h3-15H,2H2,1H3/b13-12+. The summed E-state index contributed by atoms with van der Waals surface area (Å²) in [6.07, 6.45) is 4.64. The highest BCUT2D eigenvalue weighted by molar-refractivity contribution is 7.92. The molecule has 1 aliphatic heterocycles.